The lowest BCUT2D eigenvalue weighted by Gasteiger charge is -2.45. The average Bonchev–Trinajstić information content (AvgIpc) is 2.87. The van der Waals surface area contributed by atoms with Crippen LogP contribution in [-0.4, -0.2) is 32.8 Å². The maximum atomic E-state index is 10.8. The zero-order valence-corrected chi connectivity index (χ0v) is 13.1. The molecule has 0 saturated heterocycles. The van der Waals surface area contributed by atoms with Crippen LogP contribution in [-0.2, 0) is 11.3 Å². The molecule has 1 aliphatic rings. The SMILES string of the molecule is CCCn1nncc1C(O)C1(OC)CCC(C)(C)CC1. The van der Waals surface area contributed by atoms with E-state index in [1.54, 1.807) is 18.0 Å². The minimum absolute atomic E-state index is 0.337. The summed E-state index contributed by atoms with van der Waals surface area (Å²) in [6.07, 6.45) is 5.84. The summed E-state index contributed by atoms with van der Waals surface area (Å²) in [5.74, 6) is 0. The van der Waals surface area contributed by atoms with E-state index in [2.05, 4.69) is 31.1 Å². The lowest BCUT2D eigenvalue weighted by Crippen LogP contribution is -2.44. The molecule has 0 aliphatic heterocycles. The largest absolute Gasteiger partial charge is 0.384 e. The van der Waals surface area contributed by atoms with Gasteiger partial charge in [-0.15, -0.1) is 5.10 Å². The summed E-state index contributed by atoms with van der Waals surface area (Å²) in [7, 11) is 1.70. The third-order valence-electron chi connectivity index (χ3n) is 4.72. The van der Waals surface area contributed by atoms with Crippen molar-refractivity contribution in [1.82, 2.24) is 15.0 Å². The van der Waals surface area contributed by atoms with Crippen molar-refractivity contribution in [3.63, 3.8) is 0 Å². The Morgan fingerprint density at radius 3 is 2.55 bits per heavy atom. The van der Waals surface area contributed by atoms with Gasteiger partial charge in [0, 0.05) is 13.7 Å². The second-order valence-electron chi connectivity index (χ2n) is 6.72. The Hall–Kier alpha value is -0.940. The van der Waals surface area contributed by atoms with Gasteiger partial charge in [0.1, 0.15) is 6.10 Å². The van der Waals surface area contributed by atoms with Crippen LogP contribution in [0.2, 0.25) is 0 Å². The first-order valence-corrected chi connectivity index (χ1v) is 7.56. The van der Waals surface area contributed by atoms with Crippen molar-refractivity contribution < 1.29 is 9.84 Å². The molecule has 0 bridgehead atoms. The maximum Gasteiger partial charge on any atom is 0.126 e. The molecule has 20 heavy (non-hydrogen) atoms. The highest BCUT2D eigenvalue weighted by Gasteiger charge is 2.45. The average molecular weight is 281 g/mol. The zero-order chi connectivity index (χ0) is 14.8. The number of methoxy groups -OCH3 is 1. The van der Waals surface area contributed by atoms with Crippen molar-refractivity contribution in [3.05, 3.63) is 11.9 Å². The molecule has 1 fully saturated rings. The molecule has 1 aromatic rings. The standard InChI is InChI=1S/C15H27N3O2/c1-5-10-18-12(11-16-17-18)13(19)15(20-4)8-6-14(2,3)7-9-15/h11,13,19H,5-10H2,1-4H3. The molecule has 1 heterocycles. The zero-order valence-electron chi connectivity index (χ0n) is 13.1. The van der Waals surface area contributed by atoms with Crippen LogP contribution in [0.4, 0.5) is 0 Å². The molecule has 0 spiro atoms. The van der Waals surface area contributed by atoms with E-state index in [0.717, 1.165) is 44.3 Å². The minimum atomic E-state index is -0.662. The number of nitrogens with zero attached hydrogens (tertiary/aromatic N) is 3. The molecule has 1 N–H and O–H groups in total. The quantitative estimate of drug-likeness (QED) is 0.901. The Kier molecular flexibility index (Phi) is 4.49. The van der Waals surface area contributed by atoms with Gasteiger partial charge in [0.05, 0.1) is 17.5 Å². The Bertz CT molecular complexity index is 432. The number of aliphatic hydroxyl groups excluding tert-OH is 1. The van der Waals surface area contributed by atoms with Crippen molar-refractivity contribution in [1.29, 1.82) is 0 Å². The molecule has 2 rings (SSSR count). The van der Waals surface area contributed by atoms with Crippen LogP contribution in [0.15, 0.2) is 6.20 Å². The number of ether oxygens (including phenoxy) is 1. The van der Waals surface area contributed by atoms with Crippen molar-refractivity contribution in [3.8, 4) is 0 Å². The van der Waals surface area contributed by atoms with Gasteiger partial charge in [0.25, 0.3) is 0 Å². The van der Waals surface area contributed by atoms with Gasteiger partial charge in [0.15, 0.2) is 0 Å². The van der Waals surface area contributed by atoms with E-state index in [1.165, 1.54) is 0 Å². The number of aliphatic hydroxyl groups is 1. The summed E-state index contributed by atoms with van der Waals surface area (Å²) < 4.78 is 7.57. The smallest absolute Gasteiger partial charge is 0.126 e. The second-order valence-corrected chi connectivity index (χ2v) is 6.72. The highest BCUT2D eigenvalue weighted by atomic mass is 16.5. The van der Waals surface area contributed by atoms with Gasteiger partial charge in [-0.2, -0.15) is 0 Å². The topological polar surface area (TPSA) is 60.2 Å². The fraction of sp³-hybridized carbons (Fsp3) is 0.867. The van der Waals surface area contributed by atoms with Crippen molar-refractivity contribution >= 4 is 0 Å². The Balaban J connectivity index is 2.21. The van der Waals surface area contributed by atoms with E-state index in [4.69, 9.17) is 4.74 Å². The number of rotatable bonds is 5. The van der Waals surface area contributed by atoms with Crippen molar-refractivity contribution in [2.75, 3.05) is 7.11 Å². The molecule has 0 radical (unpaired) electrons. The van der Waals surface area contributed by atoms with E-state index in [1.807, 2.05) is 0 Å². The molecule has 1 saturated carbocycles. The summed E-state index contributed by atoms with van der Waals surface area (Å²) in [5, 5.41) is 18.9. The fourth-order valence-corrected chi connectivity index (χ4v) is 3.07. The van der Waals surface area contributed by atoms with Gasteiger partial charge in [-0.1, -0.05) is 26.0 Å². The van der Waals surface area contributed by atoms with Crippen LogP contribution < -0.4 is 0 Å². The first-order chi connectivity index (χ1) is 9.44. The summed E-state index contributed by atoms with van der Waals surface area (Å²) in [5.41, 5.74) is 0.611. The normalized spacial score (nSPS) is 22.6. The lowest BCUT2D eigenvalue weighted by molar-refractivity contribution is -0.140. The lowest BCUT2D eigenvalue weighted by atomic mass is 9.68. The highest BCUT2D eigenvalue weighted by Crippen LogP contribution is 2.47. The van der Waals surface area contributed by atoms with Gasteiger partial charge >= 0.3 is 0 Å². The molecule has 114 valence electrons. The van der Waals surface area contributed by atoms with Crippen LogP contribution in [0.1, 0.15) is 64.7 Å². The minimum Gasteiger partial charge on any atom is -0.384 e. The van der Waals surface area contributed by atoms with Crippen LogP contribution in [0, 0.1) is 5.41 Å². The molecule has 1 atom stereocenters. The first-order valence-electron chi connectivity index (χ1n) is 7.56. The predicted molar refractivity (Wildman–Crippen MR) is 77.3 cm³/mol. The third-order valence-corrected chi connectivity index (χ3v) is 4.72. The predicted octanol–water partition coefficient (Wildman–Crippen LogP) is 2.71. The number of hydrogen-bond donors (Lipinski definition) is 1. The van der Waals surface area contributed by atoms with Gasteiger partial charge in [-0.3, -0.25) is 0 Å². The number of aryl methyl sites for hydroxylation is 1. The Labute approximate surface area is 121 Å². The van der Waals surface area contributed by atoms with E-state index in [0.29, 0.717) is 5.41 Å². The van der Waals surface area contributed by atoms with Crippen LogP contribution in [0.3, 0.4) is 0 Å². The first kappa shape index (κ1) is 15.4. The fourth-order valence-electron chi connectivity index (χ4n) is 3.07. The molecule has 0 amide bonds. The number of aromatic nitrogens is 3. The molecule has 1 aliphatic carbocycles. The Morgan fingerprint density at radius 2 is 2.00 bits per heavy atom. The van der Waals surface area contributed by atoms with Gasteiger partial charge < -0.3 is 9.84 Å². The van der Waals surface area contributed by atoms with Crippen molar-refractivity contribution in [2.45, 2.75) is 71.1 Å². The maximum absolute atomic E-state index is 10.8. The third kappa shape index (κ3) is 2.88. The monoisotopic (exact) mass is 281 g/mol. The van der Waals surface area contributed by atoms with E-state index in [9.17, 15) is 5.11 Å². The molecule has 1 aromatic heterocycles. The van der Waals surface area contributed by atoms with E-state index >= 15 is 0 Å². The molecule has 5 nitrogen and oxygen atoms in total. The molecule has 5 heteroatoms. The summed E-state index contributed by atoms with van der Waals surface area (Å²) in [6.45, 7) is 7.43. The van der Waals surface area contributed by atoms with Crippen LogP contribution in [0.5, 0.6) is 0 Å². The van der Waals surface area contributed by atoms with Gasteiger partial charge in [-0.05, 0) is 37.5 Å². The molecule has 1 unspecified atom stereocenters. The highest BCUT2D eigenvalue weighted by molar-refractivity contribution is 5.09. The van der Waals surface area contributed by atoms with Crippen molar-refractivity contribution in [2.24, 2.45) is 5.41 Å². The molecule has 0 aromatic carbocycles. The molecular formula is C15H27N3O2. The number of hydrogen-bond acceptors (Lipinski definition) is 4. The van der Waals surface area contributed by atoms with E-state index < -0.39 is 11.7 Å². The Morgan fingerprint density at radius 1 is 1.35 bits per heavy atom. The van der Waals surface area contributed by atoms with E-state index in [-0.39, 0.29) is 0 Å². The summed E-state index contributed by atoms with van der Waals surface area (Å²) in [4.78, 5) is 0. The summed E-state index contributed by atoms with van der Waals surface area (Å²) in [6, 6.07) is 0. The second kappa shape index (κ2) is 5.82. The van der Waals surface area contributed by atoms with Gasteiger partial charge in [-0.25, -0.2) is 4.68 Å². The summed E-state index contributed by atoms with van der Waals surface area (Å²) >= 11 is 0. The molecular weight excluding hydrogens is 254 g/mol. The van der Waals surface area contributed by atoms with Crippen LogP contribution >= 0.6 is 0 Å². The van der Waals surface area contributed by atoms with Gasteiger partial charge in [0.2, 0.25) is 0 Å². The van der Waals surface area contributed by atoms with Crippen LogP contribution in [0.25, 0.3) is 0 Å².